The first-order chi connectivity index (χ1) is 14.7. The van der Waals surface area contributed by atoms with Gasteiger partial charge in [-0.25, -0.2) is 4.98 Å². The van der Waals surface area contributed by atoms with Crippen molar-refractivity contribution in [3.05, 3.63) is 53.9 Å². The molecule has 5 nitrogen and oxygen atoms in total. The Morgan fingerprint density at radius 3 is 2.71 bits per heavy atom. The van der Waals surface area contributed by atoms with Crippen molar-refractivity contribution < 1.29 is 18.0 Å². The lowest BCUT2D eigenvalue weighted by Gasteiger charge is -2.25. The molecule has 1 amide bonds. The van der Waals surface area contributed by atoms with Crippen molar-refractivity contribution in [3.8, 4) is 0 Å². The van der Waals surface area contributed by atoms with Gasteiger partial charge in [0.15, 0.2) is 5.16 Å². The molecule has 3 aromatic rings. The van der Waals surface area contributed by atoms with Gasteiger partial charge in [-0.2, -0.15) is 13.2 Å². The molecule has 166 valence electrons. The highest BCUT2D eigenvalue weighted by atomic mass is 32.2. The number of carbonyl (C=O) groups is 1. The van der Waals surface area contributed by atoms with E-state index in [1.165, 1.54) is 17.8 Å². The Hall–Kier alpha value is -2.55. The van der Waals surface area contributed by atoms with E-state index < -0.39 is 11.7 Å². The van der Waals surface area contributed by atoms with E-state index >= 15 is 0 Å². The van der Waals surface area contributed by atoms with Gasteiger partial charge in [0, 0.05) is 26.0 Å². The van der Waals surface area contributed by atoms with Crippen molar-refractivity contribution in [2.45, 2.75) is 50.6 Å². The first-order valence-electron chi connectivity index (χ1n) is 10.1. The first kappa shape index (κ1) is 23.1. The normalized spacial score (nSPS) is 12.8. The van der Waals surface area contributed by atoms with Crippen molar-refractivity contribution in [2.75, 3.05) is 12.8 Å². The van der Waals surface area contributed by atoms with Crippen LogP contribution in [0.5, 0.6) is 0 Å². The van der Waals surface area contributed by atoms with Gasteiger partial charge in [0.1, 0.15) is 0 Å². The van der Waals surface area contributed by atoms with Crippen LogP contribution in [0.15, 0.2) is 47.9 Å². The number of aromatic nitrogens is 3. The van der Waals surface area contributed by atoms with E-state index in [2.05, 4.69) is 9.97 Å². The molecule has 0 N–H and O–H groups in total. The molecule has 1 unspecified atom stereocenters. The second kappa shape index (κ2) is 9.72. The standard InChI is InChI=1S/C22H25F3N4OS/c1-4-5-11-29-19-9-8-17(22(23,24)25)12-18(19)27-21(29)31-14-20(30)28(3)15(2)16-7-6-10-26-13-16/h6-10,12-13,15H,4-5,11,14H2,1-3H3. The van der Waals surface area contributed by atoms with Crippen molar-refractivity contribution >= 4 is 28.7 Å². The zero-order valence-electron chi connectivity index (χ0n) is 17.7. The van der Waals surface area contributed by atoms with E-state index in [1.807, 2.05) is 30.5 Å². The third-order valence-electron chi connectivity index (χ3n) is 5.24. The number of benzene rings is 1. The molecule has 0 saturated carbocycles. The molecular formula is C22H25F3N4OS. The van der Waals surface area contributed by atoms with Crippen LogP contribution in [0.1, 0.15) is 43.9 Å². The maximum Gasteiger partial charge on any atom is 0.416 e. The molecule has 0 aliphatic heterocycles. The predicted molar refractivity (Wildman–Crippen MR) is 116 cm³/mol. The molecule has 1 aromatic carbocycles. The number of pyridine rings is 1. The van der Waals surface area contributed by atoms with Crippen molar-refractivity contribution in [2.24, 2.45) is 0 Å². The summed E-state index contributed by atoms with van der Waals surface area (Å²) >= 11 is 1.25. The molecule has 0 aliphatic rings. The lowest BCUT2D eigenvalue weighted by atomic mass is 10.1. The fraction of sp³-hybridized carbons (Fsp3) is 0.409. The number of fused-ring (bicyclic) bond motifs is 1. The van der Waals surface area contributed by atoms with Gasteiger partial charge in [0.05, 0.1) is 28.4 Å². The SMILES string of the molecule is CCCCn1c(SCC(=O)N(C)C(C)c2cccnc2)nc2cc(C(F)(F)F)ccc21. The summed E-state index contributed by atoms with van der Waals surface area (Å²) in [6.45, 7) is 4.61. The largest absolute Gasteiger partial charge is 0.416 e. The van der Waals surface area contributed by atoms with E-state index in [9.17, 15) is 18.0 Å². The Morgan fingerprint density at radius 2 is 2.06 bits per heavy atom. The fourth-order valence-electron chi connectivity index (χ4n) is 3.22. The molecule has 9 heteroatoms. The van der Waals surface area contributed by atoms with Gasteiger partial charge in [-0.15, -0.1) is 0 Å². The summed E-state index contributed by atoms with van der Waals surface area (Å²) in [5.41, 5.74) is 1.14. The third-order valence-corrected chi connectivity index (χ3v) is 6.20. The molecule has 0 fully saturated rings. The van der Waals surface area contributed by atoms with Crippen LogP contribution in [0.3, 0.4) is 0 Å². The van der Waals surface area contributed by atoms with Gasteiger partial charge in [0.2, 0.25) is 5.91 Å². The van der Waals surface area contributed by atoms with Gasteiger partial charge in [-0.3, -0.25) is 9.78 Å². The molecule has 2 heterocycles. The number of amides is 1. The van der Waals surface area contributed by atoms with Crippen molar-refractivity contribution in [1.82, 2.24) is 19.4 Å². The highest BCUT2D eigenvalue weighted by Crippen LogP contribution is 2.33. The zero-order chi connectivity index (χ0) is 22.6. The van der Waals surface area contributed by atoms with Crippen molar-refractivity contribution in [3.63, 3.8) is 0 Å². The Morgan fingerprint density at radius 1 is 1.29 bits per heavy atom. The molecule has 0 aliphatic carbocycles. The maximum absolute atomic E-state index is 13.1. The topological polar surface area (TPSA) is 51.0 Å². The maximum atomic E-state index is 13.1. The van der Waals surface area contributed by atoms with Crippen LogP contribution >= 0.6 is 11.8 Å². The van der Waals surface area contributed by atoms with Gasteiger partial charge < -0.3 is 9.47 Å². The number of rotatable bonds is 8. The van der Waals surface area contributed by atoms with Gasteiger partial charge in [-0.05, 0) is 43.2 Å². The molecule has 3 rings (SSSR count). The monoisotopic (exact) mass is 450 g/mol. The summed E-state index contributed by atoms with van der Waals surface area (Å²) in [7, 11) is 1.73. The molecule has 31 heavy (non-hydrogen) atoms. The number of imidazole rings is 1. The van der Waals surface area contributed by atoms with Crippen LogP contribution in [0.2, 0.25) is 0 Å². The molecule has 0 radical (unpaired) electrons. The average Bonchev–Trinajstić information content (AvgIpc) is 3.11. The van der Waals surface area contributed by atoms with E-state index in [0.29, 0.717) is 17.2 Å². The summed E-state index contributed by atoms with van der Waals surface area (Å²) < 4.78 is 41.2. The number of nitrogens with zero attached hydrogens (tertiary/aromatic N) is 4. The minimum atomic E-state index is -4.42. The summed E-state index contributed by atoms with van der Waals surface area (Å²) in [5.74, 6) is 0.0503. The molecular weight excluding hydrogens is 425 g/mol. The van der Waals surface area contributed by atoms with Gasteiger partial charge in [0.25, 0.3) is 0 Å². The number of halogens is 3. The van der Waals surface area contributed by atoms with E-state index in [0.717, 1.165) is 30.5 Å². The number of carbonyl (C=O) groups excluding carboxylic acids is 1. The highest BCUT2D eigenvalue weighted by molar-refractivity contribution is 7.99. The van der Waals surface area contributed by atoms with E-state index in [4.69, 9.17) is 0 Å². The number of aryl methyl sites for hydroxylation is 1. The third kappa shape index (κ3) is 5.39. The second-order valence-electron chi connectivity index (χ2n) is 7.36. The summed E-state index contributed by atoms with van der Waals surface area (Å²) in [6.07, 6.45) is 0.791. The number of unbranched alkanes of at least 4 members (excludes halogenated alkanes) is 1. The van der Waals surface area contributed by atoms with E-state index in [-0.39, 0.29) is 23.2 Å². The Kier molecular flexibility index (Phi) is 7.25. The number of thioether (sulfide) groups is 1. The molecule has 2 aromatic heterocycles. The van der Waals surface area contributed by atoms with Crippen LogP contribution in [0.25, 0.3) is 11.0 Å². The molecule has 1 atom stereocenters. The quantitative estimate of drug-likeness (QED) is 0.422. The Labute approximate surface area is 183 Å². The summed E-state index contributed by atoms with van der Waals surface area (Å²) in [5, 5.41) is 0.554. The highest BCUT2D eigenvalue weighted by Gasteiger charge is 2.31. The average molecular weight is 451 g/mol. The van der Waals surface area contributed by atoms with Crippen molar-refractivity contribution in [1.29, 1.82) is 0 Å². The van der Waals surface area contributed by atoms with Crippen LogP contribution in [0, 0.1) is 0 Å². The first-order valence-corrected chi connectivity index (χ1v) is 11.1. The summed E-state index contributed by atoms with van der Waals surface area (Å²) in [4.78, 5) is 22.9. The minimum Gasteiger partial charge on any atom is -0.338 e. The Bertz CT molecular complexity index is 1040. The Balaban J connectivity index is 1.80. The van der Waals surface area contributed by atoms with E-state index in [1.54, 1.807) is 24.3 Å². The number of alkyl halides is 3. The molecule has 0 spiro atoms. The van der Waals surface area contributed by atoms with Crippen LogP contribution in [-0.4, -0.2) is 38.1 Å². The van der Waals surface area contributed by atoms with Crippen LogP contribution in [-0.2, 0) is 17.5 Å². The smallest absolute Gasteiger partial charge is 0.338 e. The predicted octanol–water partition coefficient (Wildman–Crippen LogP) is 5.56. The molecule has 0 bridgehead atoms. The lowest BCUT2D eigenvalue weighted by molar-refractivity contribution is -0.137. The van der Waals surface area contributed by atoms with Crippen LogP contribution < -0.4 is 0 Å². The lowest BCUT2D eigenvalue weighted by Crippen LogP contribution is -2.31. The number of hydrogen-bond acceptors (Lipinski definition) is 4. The fourth-order valence-corrected chi connectivity index (χ4v) is 4.18. The molecule has 0 saturated heterocycles. The number of hydrogen-bond donors (Lipinski definition) is 0. The van der Waals surface area contributed by atoms with Gasteiger partial charge >= 0.3 is 6.18 Å². The minimum absolute atomic E-state index is 0.0913. The zero-order valence-corrected chi connectivity index (χ0v) is 18.5. The summed E-state index contributed by atoms with van der Waals surface area (Å²) in [6, 6.07) is 7.20. The second-order valence-corrected chi connectivity index (χ2v) is 8.30. The van der Waals surface area contributed by atoms with Gasteiger partial charge in [-0.1, -0.05) is 31.2 Å². The van der Waals surface area contributed by atoms with Crippen LogP contribution in [0.4, 0.5) is 13.2 Å².